The van der Waals surface area contributed by atoms with Crippen LogP contribution in [-0.4, -0.2) is 53.5 Å². The number of β-amino-alcohol motifs (C(OH)–C–C–N with tert-alkyl or cyclic N) is 1. The van der Waals surface area contributed by atoms with Gasteiger partial charge in [-0.25, -0.2) is 4.39 Å². The Bertz CT molecular complexity index is 763. The number of nitrogens with zero attached hydrogens (tertiary/aromatic N) is 2. The second-order valence-corrected chi connectivity index (χ2v) is 5.85. The minimum atomic E-state index is -0.882. The summed E-state index contributed by atoms with van der Waals surface area (Å²) < 4.78 is 29.0. The lowest BCUT2D eigenvalue weighted by Gasteiger charge is -2.36. The quantitative estimate of drug-likeness (QED) is 0.905. The predicted octanol–water partition coefficient (Wildman–Crippen LogP) is 1.79. The van der Waals surface area contributed by atoms with Gasteiger partial charge in [-0.05, 0) is 19.1 Å². The molecule has 0 radical (unpaired) electrons. The molecule has 0 aliphatic carbocycles. The van der Waals surface area contributed by atoms with E-state index in [1.54, 1.807) is 6.92 Å². The number of aromatic nitrogens is 1. The first-order chi connectivity index (χ1) is 12.0. The molecular weight excluding hydrogens is 331 g/mol. The number of aryl methyl sites for hydroxylation is 1. The number of likely N-dealkylation sites (tertiary alicyclic amines) is 1. The number of methoxy groups -OCH3 is 1. The van der Waals surface area contributed by atoms with Gasteiger partial charge in [-0.3, -0.25) is 4.79 Å². The highest BCUT2D eigenvalue weighted by molar-refractivity contribution is 5.94. The van der Waals surface area contributed by atoms with Gasteiger partial charge in [0, 0.05) is 19.0 Å². The minimum absolute atomic E-state index is 0.123. The van der Waals surface area contributed by atoms with Gasteiger partial charge >= 0.3 is 0 Å². The Kier molecular flexibility index (Phi) is 4.89. The van der Waals surface area contributed by atoms with E-state index in [0.717, 1.165) is 0 Å². The van der Waals surface area contributed by atoms with Crippen LogP contribution in [-0.2, 0) is 0 Å². The number of amides is 1. The van der Waals surface area contributed by atoms with E-state index in [-0.39, 0.29) is 18.2 Å². The summed E-state index contributed by atoms with van der Waals surface area (Å²) in [6, 6.07) is 3.94. The molecule has 2 atom stereocenters. The maximum absolute atomic E-state index is 13.3. The van der Waals surface area contributed by atoms with Crippen LogP contribution in [0.2, 0.25) is 0 Å². The van der Waals surface area contributed by atoms with Crippen LogP contribution in [0.25, 0.3) is 0 Å². The van der Waals surface area contributed by atoms with E-state index in [1.807, 2.05) is 0 Å². The third-order valence-corrected chi connectivity index (χ3v) is 4.19. The molecule has 0 bridgehead atoms. The van der Waals surface area contributed by atoms with Crippen LogP contribution in [0.5, 0.6) is 11.5 Å². The lowest BCUT2D eigenvalue weighted by Crippen LogP contribution is -2.51. The minimum Gasteiger partial charge on any atom is -0.493 e. The topological polar surface area (TPSA) is 85.0 Å². The van der Waals surface area contributed by atoms with Gasteiger partial charge in [-0.2, -0.15) is 0 Å². The second kappa shape index (κ2) is 7.10. The molecule has 0 saturated carbocycles. The Labute approximate surface area is 143 Å². The van der Waals surface area contributed by atoms with Gasteiger partial charge in [0.15, 0.2) is 11.5 Å². The number of carbonyl (C=O) groups is 1. The molecule has 1 aromatic heterocycles. The zero-order valence-electron chi connectivity index (χ0n) is 13.9. The fraction of sp³-hybridized carbons (Fsp3) is 0.412. The van der Waals surface area contributed by atoms with Crippen molar-refractivity contribution in [2.75, 3.05) is 20.2 Å². The molecule has 134 valence electrons. The van der Waals surface area contributed by atoms with Gasteiger partial charge in [0.1, 0.15) is 29.3 Å². The Balaban J connectivity index is 1.66. The largest absolute Gasteiger partial charge is 0.493 e. The molecule has 7 nitrogen and oxygen atoms in total. The number of benzene rings is 1. The van der Waals surface area contributed by atoms with Crippen LogP contribution in [0.3, 0.4) is 0 Å². The third kappa shape index (κ3) is 3.58. The molecular formula is C17H19FN2O5. The van der Waals surface area contributed by atoms with Crippen molar-refractivity contribution in [3.63, 3.8) is 0 Å². The van der Waals surface area contributed by atoms with Gasteiger partial charge in [0.25, 0.3) is 5.91 Å². The van der Waals surface area contributed by atoms with Crippen LogP contribution in [0.1, 0.15) is 22.5 Å². The molecule has 1 amide bonds. The van der Waals surface area contributed by atoms with Crippen molar-refractivity contribution in [3.05, 3.63) is 41.5 Å². The molecule has 2 heterocycles. The summed E-state index contributed by atoms with van der Waals surface area (Å²) in [7, 11) is 1.42. The number of halogens is 1. The smallest absolute Gasteiger partial charge is 0.259 e. The lowest BCUT2D eigenvalue weighted by atomic mass is 10.0. The normalized spacial score (nSPS) is 20.4. The van der Waals surface area contributed by atoms with E-state index in [4.69, 9.17) is 14.0 Å². The molecule has 2 aromatic rings. The highest BCUT2D eigenvalue weighted by atomic mass is 19.1. The summed E-state index contributed by atoms with van der Waals surface area (Å²) in [5.74, 6) is 0.368. The summed E-state index contributed by atoms with van der Waals surface area (Å²) in [5, 5.41) is 14.0. The number of piperidine rings is 1. The highest BCUT2D eigenvalue weighted by Crippen LogP contribution is 2.30. The number of hydrogen-bond donors (Lipinski definition) is 1. The van der Waals surface area contributed by atoms with Crippen molar-refractivity contribution in [3.8, 4) is 11.5 Å². The first-order valence-electron chi connectivity index (χ1n) is 7.88. The second-order valence-electron chi connectivity index (χ2n) is 5.85. The van der Waals surface area contributed by atoms with Crippen LogP contribution in [0.4, 0.5) is 4.39 Å². The fourth-order valence-electron chi connectivity index (χ4n) is 2.81. The number of hydrogen-bond acceptors (Lipinski definition) is 6. The lowest BCUT2D eigenvalue weighted by molar-refractivity contribution is -0.0207. The van der Waals surface area contributed by atoms with Gasteiger partial charge in [-0.1, -0.05) is 5.16 Å². The molecule has 1 aromatic carbocycles. The van der Waals surface area contributed by atoms with Crippen molar-refractivity contribution >= 4 is 5.91 Å². The summed E-state index contributed by atoms with van der Waals surface area (Å²) >= 11 is 0. The average Bonchev–Trinajstić information content (AvgIpc) is 3.03. The Morgan fingerprint density at radius 1 is 1.44 bits per heavy atom. The van der Waals surface area contributed by atoms with Crippen molar-refractivity contribution in [1.82, 2.24) is 10.1 Å². The first-order valence-corrected chi connectivity index (χ1v) is 7.88. The van der Waals surface area contributed by atoms with Crippen LogP contribution in [0, 0.1) is 12.7 Å². The Morgan fingerprint density at radius 3 is 2.88 bits per heavy atom. The summed E-state index contributed by atoms with van der Waals surface area (Å²) in [6.07, 6.45) is 0.396. The Hall–Kier alpha value is -2.61. The van der Waals surface area contributed by atoms with Gasteiger partial charge in [0.2, 0.25) is 0 Å². The zero-order chi connectivity index (χ0) is 18.0. The molecule has 1 N–H and O–H groups in total. The summed E-state index contributed by atoms with van der Waals surface area (Å²) in [5.41, 5.74) is 0.381. The first kappa shape index (κ1) is 17.2. The molecule has 25 heavy (non-hydrogen) atoms. The summed E-state index contributed by atoms with van der Waals surface area (Å²) in [4.78, 5) is 14.0. The van der Waals surface area contributed by atoms with Crippen LogP contribution >= 0.6 is 0 Å². The van der Waals surface area contributed by atoms with E-state index in [2.05, 4.69) is 5.16 Å². The molecule has 1 saturated heterocycles. The van der Waals surface area contributed by atoms with E-state index in [1.165, 1.54) is 36.4 Å². The van der Waals surface area contributed by atoms with E-state index in [0.29, 0.717) is 30.0 Å². The third-order valence-electron chi connectivity index (χ3n) is 4.19. The molecule has 1 aliphatic rings. The van der Waals surface area contributed by atoms with Crippen molar-refractivity contribution in [2.45, 2.75) is 25.6 Å². The maximum Gasteiger partial charge on any atom is 0.259 e. The van der Waals surface area contributed by atoms with Crippen molar-refractivity contribution in [2.24, 2.45) is 0 Å². The highest BCUT2D eigenvalue weighted by Gasteiger charge is 2.33. The standard InChI is InChI=1S/C17H19FN2O5/c1-10-12(8-19-25-10)17(22)20-6-5-14(13(21)9-20)24-15-4-3-11(18)7-16(15)23-2/h3-4,7-8,13-14,21H,5-6,9H2,1-2H3/t13-,14-/m1/s1. The van der Waals surface area contributed by atoms with Crippen molar-refractivity contribution < 1.29 is 28.3 Å². The van der Waals surface area contributed by atoms with Gasteiger partial charge in [-0.15, -0.1) is 0 Å². The van der Waals surface area contributed by atoms with Gasteiger partial charge < -0.3 is 24.0 Å². The molecule has 0 unspecified atom stereocenters. The molecule has 8 heteroatoms. The predicted molar refractivity (Wildman–Crippen MR) is 85.1 cm³/mol. The maximum atomic E-state index is 13.3. The summed E-state index contributed by atoms with van der Waals surface area (Å²) in [6.45, 7) is 2.19. The van der Waals surface area contributed by atoms with Crippen LogP contribution in [0.15, 0.2) is 28.9 Å². The van der Waals surface area contributed by atoms with Crippen molar-refractivity contribution in [1.29, 1.82) is 0 Å². The van der Waals surface area contributed by atoms with Gasteiger partial charge in [0.05, 0.1) is 19.9 Å². The number of aliphatic hydroxyl groups is 1. The molecule has 0 spiro atoms. The molecule has 1 aliphatic heterocycles. The van der Waals surface area contributed by atoms with E-state index < -0.39 is 18.0 Å². The monoisotopic (exact) mass is 350 g/mol. The average molecular weight is 350 g/mol. The Morgan fingerprint density at radius 2 is 2.24 bits per heavy atom. The fourth-order valence-corrected chi connectivity index (χ4v) is 2.81. The van der Waals surface area contributed by atoms with E-state index >= 15 is 0 Å². The number of rotatable bonds is 4. The number of aliphatic hydroxyl groups excluding tert-OH is 1. The zero-order valence-corrected chi connectivity index (χ0v) is 13.9. The van der Waals surface area contributed by atoms with Crippen LogP contribution < -0.4 is 9.47 Å². The molecule has 1 fully saturated rings. The number of ether oxygens (including phenoxy) is 2. The SMILES string of the molecule is COc1cc(F)ccc1O[C@@H]1CCN(C(=O)c2cnoc2C)C[C@H]1O. The molecule has 3 rings (SSSR count). The van der Waals surface area contributed by atoms with E-state index in [9.17, 15) is 14.3 Å². The number of carbonyl (C=O) groups excluding carboxylic acids is 1.